The van der Waals surface area contributed by atoms with Crippen molar-refractivity contribution in [3.8, 4) is 0 Å². The maximum Gasteiger partial charge on any atom is 0.286 e. The van der Waals surface area contributed by atoms with Crippen LogP contribution < -0.4 is 16.0 Å². The lowest BCUT2D eigenvalue weighted by Gasteiger charge is -2.18. The summed E-state index contributed by atoms with van der Waals surface area (Å²) >= 11 is 0. The molecule has 7 heteroatoms. The smallest absolute Gasteiger partial charge is 0.286 e. The van der Waals surface area contributed by atoms with Crippen LogP contribution in [0.1, 0.15) is 28.1 Å². The molecule has 2 heterocycles. The highest BCUT2D eigenvalue weighted by Crippen LogP contribution is 2.32. The summed E-state index contributed by atoms with van der Waals surface area (Å²) in [5, 5.41) is 3.35. The van der Waals surface area contributed by atoms with Crippen LogP contribution in [-0.4, -0.2) is 24.3 Å². The fourth-order valence-corrected chi connectivity index (χ4v) is 3.59. The van der Waals surface area contributed by atoms with Gasteiger partial charge in [-0.25, -0.2) is 0 Å². The van der Waals surface area contributed by atoms with Crippen molar-refractivity contribution in [1.82, 2.24) is 0 Å². The van der Waals surface area contributed by atoms with Gasteiger partial charge in [-0.3, -0.25) is 14.4 Å². The number of aryl methyl sites for hydroxylation is 2. The van der Waals surface area contributed by atoms with Crippen molar-refractivity contribution < 1.29 is 18.8 Å². The molecule has 0 aliphatic carbocycles. The standard InChI is InChI=1S/C22H21N3O4/c1-12-7-8-15(9-13(12)2)25-11-14(10-18(25)26)22(28)24-19-16-5-3-4-6-17(16)29-20(19)21(23)27/h3-9,14H,10-11H2,1-2H3,(H2,23,27)(H,24,28). The first kappa shape index (κ1) is 18.7. The van der Waals surface area contributed by atoms with Gasteiger partial charge in [-0.1, -0.05) is 18.2 Å². The molecule has 2 aromatic carbocycles. The Morgan fingerprint density at radius 2 is 1.90 bits per heavy atom. The molecule has 29 heavy (non-hydrogen) atoms. The largest absolute Gasteiger partial charge is 0.449 e. The zero-order valence-corrected chi connectivity index (χ0v) is 16.2. The topological polar surface area (TPSA) is 106 Å². The molecule has 4 rings (SSSR count). The number of furan rings is 1. The fraction of sp³-hybridized carbons (Fsp3) is 0.227. The van der Waals surface area contributed by atoms with Gasteiger partial charge in [-0.2, -0.15) is 0 Å². The van der Waals surface area contributed by atoms with E-state index in [4.69, 9.17) is 10.2 Å². The molecule has 0 saturated carbocycles. The Labute approximate surface area is 167 Å². The molecule has 1 aromatic heterocycles. The summed E-state index contributed by atoms with van der Waals surface area (Å²) in [6.45, 7) is 4.26. The van der Waals surface area contributed by atoms with Gasteiger partial charge in [0.15, 0.2) is 0 Å². The summed E-state index contributed by atoms with van der Waals surface area (Å²) in [6.07, 6.45) is 0.0977. The van der Waals surface area contributed by atoms with Crippen molar-refractivity contribution in [3.05, 3.63) is 59.4 Å². The van der Waals surface area contributed by atoms with Crippen molar-refractivity contribution in [2.75, 3.05) is 16.8 Å². The van der Waals surface area contributed by atoms with Crippen molar-refractivity contribution in [2.24, 2.45) is 11.7 Å². The maximum atomic E-state index is 12.9. The number of fused-ring (bicyclic) bond motifs is 1. The molecule has 1 aliphatic heterocycles. The van der Waals surface area contributed by atoms with E-state index in [0.717, 1.165) is 16.8 Å². The van der Waals surface area contributed by atoms with Crippen molar-refractivity contribution in [2.45, 2.75) is 20.3 Å². The number of nitrogens with zero attached hydrogens (tertiary/aromatic N) is 1. The highest BCUT2D eigenvalue weighted by Gasteiger charge is 2.36. The quantitative estimate of drug-likeness (QED) is 0.713. The van der Waals surface area contributed by atoms with Gasteiger partial charge < -0.3 is 20.4 Å². The Bertz CT molecular complexity index is 1150. The molecule has 1 saturated heterocycles. The molecule has 3 amide bonds. The molecule has 1 fully saturated rings. The number of amides is 3. The van der Waals surface area contributed by atoms with Crippen LogP contribution in [0.15, 0.2) is 46.9 Å². The number of hydrogen-bond acceptors (Lipinski definition) is 4. The fourth-order valence-electron chi connectivity index (χ4n) is 3.59. The lowest BCUT2D eigenvalue weighted by molar-refractivity contribution is -0.122. The molecule has 7 nitrogen and oxygen atoms in total. The Morgan fingerprint density at radius 1 is 1.14 bits per heavy atom. The van der Waals surface area contributed by atoms with E-state index in [-0.39, 0.29) is 36.2 Å². The molecule has 0 bridgehead atoms. The molecule has 1 atom stereocenters. The second-order valence-electron chi connectivity index (χ2n) is 7.33. The second kappa shape index (κ2) is 7.09. The van der Waals surface area contributed by atoms with E-state index in [1.54, 1.807) is 29.2 Å². The third-order valence-electron chi connectivity index (χ3n) is 5.37. The zero-order valence-electron chi connectivity index (χ0n) is 16.2. The molecule has 0 radical (unpaired) electrons. The number of primary amides is 1. The van der Waals surface area contributed by atoms with Crippen LogP contribution in [0.3, 0.4) is 0 Å². The second-order valence-corrected chi connectivity index (χ2v) is 7.33. The van der Waals surface area contributed by atoms with E-state index in [1.165, 1.54) is 0 Å². The van der Waals surface area contributed by atoms with Crippen molar-refractivity contribution >= 4 is 40.1 Å². The van der Waals surface area contributed by atoms with Crippen LogP contribution >= 0.6 is 0 Å². The third-order valence-corrected chi connectivity index (χ3v) is 5.37. The average molecular weight is 391 g/mol. The Kier molecular flexibility index (Phi) is 4.58. The van der Waals surface area contributed by atoms with Gasteiger partial charge in [0, 0.05) is 24.0 Å². The summed E-state index contributed by atoms with van der Waals surface area (Å²) in [4.78, 5) is 38.8. The van der Waals surface area contributed by atoms with Gasteiger partial charge in [-0.05, 0) is 49.2 Å². The highest BCUT2D eigenvalue weighted by atomic mass is 16.3. The van der Waals surface area contributed by atoms with Gasteiger partial charge >= 0.3 is 0 Å². The molecule has 0 spiro atoms. The molecular weight excluding hydrogens is 370 g/mol. The summed E-state index contributed by atoms with van der Waals surface area (Å²) in [5.41, 5.74) is 9.11. The predicted molar refractivity (Wildman–Crippen MR) is 110 cm³/mol. The summed E-state index contributed by atoms with van der Waals surface area (Å²) < 4.78 is 5.49. The first-order chi connectivity index (χ1) is 13.8. The summed E-state index contributed by atoms with van der Waals surface area (Å²) in [7, 11) is 0. The molecule has 1 unspecified atom stereocenters. The van der Waals surface area contributed by atoms with Crippen LogP contribution in [0.4, 0.5) is 11.4 Å². The van der Waals surface area contributed by atoms with E-state index in [1.807, 2.05) is 32.0 Å². The van der Waals surface area contributed by atoms with E-state index in [9.17, 15) is 14.4 Å². The van der Waals surface area contributed by atoms with Gasteiger partial charge in [0.2, 0.25) is 17.6 Å². The molecular formula is C22H21N3O4. The zero-order chi connectivity index (χ0) is 20.7. The monoisotopic (exact) mass is 391 g/mol. The number of nitrogens with two attached hydrogens (primary N) is 1. The van der Waals surface area contributed by atoms with E-state index in [0.29, 0.717) is 11.0 Å². The van der Waals surface area contributed by atoms with Crippen LogP contribution in [0, 0.1) is 19.8 Å². The number of anilines is 2. The minimum Gasteiger partial charge on any atom is -0.449 e. The van der Waals surface area contributed by atoms with Crippen LogP contribution in [0.25, 0.3) is 11.0 Å². The Hall–Kier alpha value is -3.61. The third kappa shape index (κ3) is 3.35. The van der Waals surface area contributed by atoms with Crippen LogP contribution in [-0.2, 0) is 9.59 Å². The number of rotatable bonds is 4. The van der Waals surface area contributed by atoms with Crippen molar-refractivity contribution in [1.29, 1.82) is 0 Å². The first-order valence-corrected chi connectivity index (χ1v) is 9.35. The number of para-hydroxylation sites is 1. The number of hydrogen-bond donors (Lipinski definition) is 2. The molecule has 3 N–H and O–H groups in total. The first-order valence-electron chi connectivity index (χ1n) is 9.35. The van der Waals surface area contributed by atoms with Crippen LogP contribution in [0.5, 0.6) is 0 Å². The highest BCUT2D eigenvalue weighted by molar-refractivity contribution is 6.12. The number of carbonyl (C=O) groups is 3. The normalized spacial score (nSPS) is 16.4. The lowest BCUT2D eigenvalue weighted by atomic mass is 10.1. The van der Waals surface area contributed by atoms with E-state index >= 15 is 0 Å². The number of benzene rings is 2. The maximum absolute atomic E-state index is 12.9. The average Bonchev–Trinajstić information content (AvgIpc) is 3.25. The van der Waals surface area contributed by atoms with Crippen LogP contribution in [0.2, 0.25) is 0 Å². The number of carbonyl (C=O) groups excluding carboxylic acids is 3. The predicted octanol–water partition coefficient (Wildman–Crippen LogP) is 3.14. The van der Waals surface area contributed by atoms with Crippen molar-refractivity contribution in [3.63, 3.8) is 0 Å². The molecule has 3 aromatic rings. The van der Waals surface area contributed by atoms with Gasteiger partial charge in [0.25, 0.3) is 5.91 Å². The minimum absolute atomic E-state index is 0.0977. The number of nitrogens with one attached hydrogen (secondary N) is 1. The summed E-state index contributed by atoms with van der Waals surface area (Å²) in [6, 6.07) is 12.8. The Morgan fingerprint density at radius 3 is 2.62 bits per heavy atom. The summed E-state index contributed by atoms with van der Waals surface area (Å²) in [5.74, 6) is -1.87. The lowest BCUT2D eigenvalue weighted by Crippen LogP contribution is -2.28. The van der Waals surface area contributed by atoms with E-state index in [2.05, 4.69) is 5.32 Å². The molecule has 148 valence electrons. The SMILES string of the molecule is Cc1ccc(N2CC(C(=O)Nc3c(C(N)=O)oc4ccccc34)CC2=O)cc1C. The van der Waals surface area contributed by atoms with Gasteiger partial charge in [-0.15, -0.1) is 0 Å². The van der Waals surface area contributed by atoms with Gasteiger partial charge in [0.05, 0.1) is 5.92 Å². The Balaban J connectivity index is 1.58. The van der Waals surface area contributed by atoms with E-state index < -0.39 is 11.8 Å². The molecule has 1 aliphatic rings. The van der Waals surface area contributed by atoms with Gasteiger partial charge in [0.1, 0.15) is 11.3 Å². The minimum atomic E-state index is -0.768.